The van der Waals surface area contributed by atoms with Crippen molar-refractivity contribution < 1.29 is 4.74 Å². The zero-order chi connectivity index (χ0) is 19.5. The first kappa shape index (κ1) is 19.4. The van der Waals surface area contributed by atoms with Gasteiger partial charge in [0, 0.05) is 36.7 Å². The zero-order valence-electron chi connectivity index (χ0n) is 16.2. The number of benzene rings is 1. The molecular formula is C21H28ClN5O. The molecule has 0 spiro atoms. The van der Waals surface area contributed by atoms with Gasteiger partial charge in [-0.05, 0) is 42.5 Å². The molecule has 0 radical (unpaired) electrons. The van der Waals surface area contributed by atoms with Crippen LogP contribution in [-0.4, -0.2) is 66.4 Å². The SMILES string of the molecule is C=C1COC[C@H](Cc2ccc(Cl)cc2)N(C2CCN(C3=NN=C(N)C3)CC2)C1. The number of piperidine rings is 1. The van der Waals surface area contributed by atoms with E-state index in [2.05, 4.69) is 38.7 Å². The number of hydrogen-bond acceptors (Lipinski definition) is 6. The lowest BCUT2D eigenvalue weighted by Gasteiger charge is -2.42. The maximum Gasteiger partial charge on any atom is 0.135 e. The fourth-order valence-corrected chi connectivity index (χ4v) is 4.48. The number of ether oxygens (including phenoxy) is 1. The van der Waals surface area contributed by atoms with E-state index in [9.17, 15) is 0 Å². The van der Waals surface area contributed by atoms with Gasteiger partial charge in [0.05, 0.1) is 19.6 Å². The highest BCUT2D eigenvalue weighted by atomic mass is 35.5. The molecule has 0 amide bonds. The fourth-order valence-electron chi connectivity index (χ4n) is 4.35. The van der Waals surface area contributed by atoms with Crippen LogP contribution in [0.2, 0.25) is 5.02 Å². The largest absolute Gasteiger partial charge is 0.385 e. The summed E-state index contributed by atoms with van der Waals surface area (Å²) in [6, 6.07) is 9.03. The maximum absolute atomic E-state index is 6.05. The Balaban J connectivity index is 1.42. The molecule has 0 saturated carbocycles. The Labute approximate surface area is 171 Å². The van der Waals surface area contributed by atoms with Crippen LogP contribution < -0.4 is 5.73 Å². The molecule has 6 nitrogen and oxygen atoms in total. The summed E-state index contributed by atoms with van der Waals surface area (Å²) >= 11 is 6.05. The van der Waals surface area contributed by atoms with Crippen LogP contribution in [0.3, 0.4) is 0 Å². The number of nitrogens with zero attached hydrogens (tertiary/aromatic N) is 4. The number of hydrogen-bond donors (Lipinski definition) is 1. The second-order valence-corrected chi connectivity index (χ2v) is 8.36. The van der Waals surface area contributed by atoms with Crippen molar-refractivity contribution in [3.63, 3.8) is 0 Å². The van der Waals surface area contributed by atoms with Crippen molar-refractivity contribution in [2.24, 2.45) is 15.9 Å². The molecule has 7 heteroatoms. The first-order valence-corrected chi connectivity index (χ1v) is 10.3. The minimum atomic E-state index is 0.347. The number of nitrogens with two attached hydrogens (primary N) is 1. The molecule has 2 saturated heterocycles. The summed E-state index contributed by atoms with van der Waals surface area (Å²) in [7, 11) is 0. The Morgan fingerprint density at radius 1 is 1.18 bits per heavy atom. The Bertz CT molecular complexity index is 768. The maximum atomic E-state index is 6.05. The van der Waals surface area contributed by atoms with Crippen molar-refractivity contribution in [2.75, 3.05) is 32.8 Å². The van der Waals surface area contributed by atoms with Crippen molar-refractivity contribution in [3.05, 3.63) is 47.0 Å². The molecule has 2 N–H and O–H groups in total. The Morgan fingerprint density at radius 2 is 1.93 bits per heavy atom. The van der Waals surface area contributed by atoms with Crippen LogP contribution in [0.5, 0.6) is 0 Å². The molecule has 28 heavy (non-hydrogen) atoms. The number of rotatable bonds is 3. The first-order valence-electron chi connectivity index (χ1n) is 9.97. The van der Waals surface area contributed by atoms with E-state index in [4.69, 9.17) is 22.1 Å². The predicted octanol–water partition coefficient (Wildman–Crippen LogP) is 2.68. The van der Waals surface area contributed by atoms with Gasteiger partial charge in [-0.15, -0.1) is 10.2 Å². The van der Waals surface area contributed by atoms with Gasteiger partial charge in [-0.25, -0.2) is 0 Å². The Kier molecular flexibility index (Phi) is 5.99. The second kappa shape index (κ2) is 8.64. The van der Waals surface area contributed by atoms with Gasteiger partial charge in [-0.3, -0.25) is 4.90 Å². The van der Waals surface area contributed by atoms with E-state index in [0.717, 1.165) is 61.9 Å². The molecule has 1 aromatic carbocycles. The Morgan fingerprint density at radius 3 is 2.61 bits per heavy atom. The lowest BCUT2D eigenvalue weighted by Crippen LogP contribution is -2.51. The van der Waals surface area contributed by atoms with Crippen molar-refractivity contribution in [1.82, 2.24) is 9.80 Å². The van der Waals surface area contributed by atoms with E-state index < -0.39 is 0 Å². The fraction of sp³-hybridized carbons (Fsp3) is 0.524. The molecule has 3 aliphatic rings. The van der Waals surface area contributed by atoms with Gasteiger partial charge >= 0.3 is 0 Å². The van der Waals surface area contributed by atoms with Gasteiger partial charge < -0.3 is 15.4 Å². The zero-order valence-corrected chi connectivity index (χ0v) is 16.9. The number of halogens is 1. The molecule has 4 rings (SSSR count). The molecule has 0 aromatic heterocycles. The lowest BCUT2D eigenvalue weighted by atomic mass is 9.97. The Hall–Kier alpha value is -1.89. The molecule has 0 bridgehead atoms. The third kappa shape index (κ3) is 4.57. The van der Waals surface area contributed by atoms with Crippen molar-refractivity contribution in [3.8, 4) is 0 Å². The molecule has 3 aliphatic heterocycles. The van der Waals surface area contributed by atoms with Gasteiger partial charge in [0.1, 0.15) is 11.7 Å². The van der Waals surface area contributed by atoms with E-state index in [-0.39, 0.29) is 0 Å². The smallest absolute Gasteiger partial charge is 0.135 e. The molecule has 0 unspecified atom stereocenters. The summed E-state index contributed by atoms with van der Waals surface area (Å²) in [5.41, 5.74) is 8.23. The second-order valence-electron chi connectivity index (χ2n) is 7.92. The van der Waals surface area contributed by atoms with Gasteiger partial charge in [0.25, 0.3) is 0 Å². The monoisotopic (exact) mass is 401 g/mol. The van der Waals surface area contributed by atoms with Crippen LogP contribution in [-0.2, 0) is 11.2 Å². The third-order valence-corrected chi connectivity index (χ3v) is 6.06. The predicted molar refractivity (Wildman–Crippen MR) is 114 cm³/mol. The van der Waals surface area contributed by atoms with E-state index >= 15 is 0 Å². The average molecular weight is 402 g/mol. The summed E-state index contributed by atoms with van der Waals surface area (Å²) in [5.74, 6) is 1.62. The third-order valence-electron chi connectivity index (χ3n) is 5.81. The molecule has 3 heterocycles. The van der Waals surface area contributed by atoms with E-state index in [0.29, 0.717) is 30.9 Å². The summed E-state index contributed by atoms with van der Waals surface area (Å²) in [6.07, 6.45) is 3.84. The normalized spacial score (nSPS) is 24.8. The number of likely N-dealkylation sites (tertiary alicyclic amines) is 1. The topological polar surface area (TPSA) is 66.5 Å². The van der Waals surface area contributed by atoms with Crippen LogP contribution in [0.1, 0.15) is 24.8 Å². The first-order chi connectivity index (χ1) is 13.6. The highest BCUT2D eigenvalue weighted by Gasteiger charge is 2.33. The van der Waals surface area contributed by atoms with Crippen molar-refractivity contribution >= 4 is 23.3 Å². The molecule has 1 atom stereocenters. The number of amidine groups is 2. The van der Waals surface area contributed by atoms with E-state index in [1.807, 2.05) is 12.1 Å². The minimum Gasteiger partial charge on any atom is -0.385 e. The van der Waals surface area contributed by atoms with Crippen molar-refractivity contribution in [2.45, 2.75) is 37.8 Å². The van der Waals surface area contributed by atoms with E-state index in [1.54, 1.807) is 0 Å². The summed E-state index contributed by atoms with van der Waals surface area (Å²) < 4.78 is 5.92. The van der Waals surface area contributed by atoms with Crippen LogP contribution in [0.4, 0.5) is 0 Å². The lowest BCUT2D eigenvalue weighted by molar-refractivity contribution is 0.0605. The van der Waals surface area contributed by atoms with Crippen LogP contribution in [0.15, 0.2) is 46.6 Å². The van der Waals surface area contributed by atoms with Gasteiger partial charge in [0.2, 0.25) is 0 Å². The highest BCUT2D eigenvalue weighted by Crippen LogP contribution is 2.25. The molecule has 150 valence electrons. The van der Waals surface area contributed by atoms with Gasteiger partial charge in [0.15, 0.2) is 0 Å². The standard InChI is InChI=1S/C21H28ClN5O/c1-15-12-27(18-6-8-26(9-7-18)21-11-20(23)24-25-21)19(14-28-13-15)10-16-2-4-17(22)5-3-16/h2-5,18-19H,1,6-14H2,(H2,23,24)/t19-/m0/s1. The molecule has 2 fully saturated rings. The minimum absolute atomic E-state index is 0.347. The van der Waals surface area contributed by atoms with Crippen molar-refractivity contribution in [1.29, 1.82) is 0 Å². The summed E-state index contributed by atoms with van der Waals surface area (Å²) in [5, 5.41) is 8.99. The van der Waals surface area contributed by atoms with Crippen LogP contribution >= 0.6 is 11.6 Å². The molecule has 0 aliphatic carbocycles. The quantitative estimate of drug-likeness (QED) is 0.791. The van der Waals surface area contributed by atoms with Crippen LogP contribution in [0, 0.1) is 0 Å². The summed E-state index contributed by atoms with van der Waals surface area (Å²) in [4.78, 5) is 4.94. The van der Waals surface area contributed by atoms with Gasteiger partial charge in [-0.2, -0.15) is 0 Å². The molecular weight excluding hydrogens is 374 g/mol. The molecule has 1 aromatic rings. The van der Waals surface area contributed by atoms with E-state index in [1.165, 1.54) is 5.56 Å². The average Bonchev–Trinajstić information content (AvgIpc) is 3.05. The summed E-state index contributed by atoms with van der Waals surface area (Å²) in [6.45, 7) is 8.49. The highest BCUT2D eigenvalue weighted by molar-refractivity contribution is 6.30. The van der Waals surface area contributed by atoms with Crippen LogP contribution in [0.25, 0.3) is 0 Å². The van der Waals surface area contributed by atoms with Gasteiger partial charge in [-0.1, -0.05) is 30.3 Å².